The number of rotatable bonds is 18. The maximum absolute atomic E-state index is 11.9. The molecule has 11 heteroatoms. The van der Waals surface area contributed by atoms with Crippen LogP contribution in [0.25, 0.3) is 44.4 Å². The zero-order chi connectivity index (χ0) is 43.0. The van der Waals surface area contributed by atoms with E-state index in [-0.39, 0.29) is 42.8 Å². The number of aromatic nitrogens is 4. The number of hydrogen-bond donors (Lipinski definition) is 2. The Morgan fingerprint density at radius 3 is 1.88 bits per heavy atom. The van der Waals surface area contributed by atoms with Gasteiger partial charge >= 0.3 is 0 Å². The van der Waals surface area contributed by atoms with Crippen molar-refractivity contribution in [3.63, 3.8) is 0 Å². The largest absolute Gasteiger partial charge is 0.657 e. The molecule has 0 amide bonds. The zero-order valence-corrected chi connectivity index (χ0v) is 37.0. The molecule has 5 heterocycles. The molecule has 0 saturated carbocycles. The first-order valence-electron chi connectivity index (χ1n) is 20.4. The Bertz CT molecular complexity index is 2460. The molecular weight excluding hydrogens is 796 g/mol. The minimum absolute atomic E-state index is 0. The Morgan fingerprint density at radius 1 is 0.717 bits per heavy atom. The van der Waals surface area contributed by atoms with E-state index in [9.17, 15) is 30.0 Å². The third kappa shape index (κ3) is 11.6. The molecule has 0 saturated heterocycles. The van der Waals surface area contributed by atoms with Crippen LogP contribution in [-0.2, 0) is 33.1 Å². The number of aliphatic carboxylic acids is 2. The van der Waals surface area contributed by atoms with Gasteiger partial charge in [0.25, 0.3) is 0 Å². The van der Waals surface area contributed by atoms with E-state index in [4.69, 9.17) is 19.9 Å². The van der Waals surface area contributed by atoms with Gasteiger partial charge in [0.05, 0.1) is 35.5 Å². The first kappa shape index (κ1) is 47.6. The number of carboxylic acid groups (broad SMARTS) is 2. The van der Waals surface area contributed by atoms with Gasteiger partial charge in [-0.1, -0.05) is 88.6 Å². The number of carbonyl (C=O) groups excluding carboxylic acids is 2. The number of allylic oxidation sites excluding steroid dienone is 10. The topological polar surface area (TPSA) is 175 Å². The fraction of sp³-hybridized carbons (Fsp3) is 0.388. The Hall–Kier alpha value is -5.06. The van der Waals surface area contributed by atoms with Crippen molar-refractivity contribution in [1.82, 2.24) is 19.9 Å². The molecule has 0 unspecified atom stereocenters. The number of carboxylic acids is 2. The minimum Gasteiger partial charge on any atom is -0.657 e. The molecule has 2 aliphatic rings. The van der Waals surface area contributed by atoms with Crippen LogP contribution in [0.2, 0.25) is 0 Å². The summed E-state index contributed by atoms with van der Waals surface area (Å²) in [4.78, 5) is 43.1. The molecule has 0 spiro atoms. The second kappa shape index (κ2) is 21.5. The molecule has 320 valence electrons. The van der Waals surface area contributed by atoms with Gasteiger partial charge in [-0.05, 0) is 129 Å². The molecule has 60 heavy (non-hydrogen) atoms. The molecule has 3 aromatic rings. The van der Waals surface area contributed by atoms with E-state index in [1.807, 2.05) is 32.9 Å². The molecule has 0 aromatic carbocycles. The number of hydrogen-bond acceptors (Lipinski definition) is 8. The number of aryl methyl sites for hydroxylation is 3. The van der Waals surface area contributed by atoms with E-state index in [1.54, 1.807) is 18.2 Å². The predicted molar refractivity (Wildman–Crippen MR) is 232 cm³/mol. The normalized spacial score (nSPS) is 13.7. The van der Waals surface area contributed by atoms with Crippen LogP contribution in [0, 0.1) is 13.8 Å². The monoisotopic (exact) mass is 852 g/mol. The summed E-state index contributed by atoms with van der Waals surface area (Å²) in [6, 6.07) is 7.19. The summed E-state index contributed by atoms with van der Waals surface area (Å²) in [6.07, 6.45) is 12.5. The van der Waals surface area contributed by atoms with Gasteiger partial charge in [-0.3, -0.25) is 0 Å². The summed E-state index contributed by atoms with van der Waals surface area (Å²) in [5.74, 6) is -2.44. The van der Waals surface area contributed by atoms with Crippen molar-refractivity contribution in [2.45, 2.75) is 119 Å². The second-order valence-electron chi connectivity index (χ2n) is 15.9. The smallest absolute Gasteiger partial charge is 0.0783 e. The second-order valence-corrected chi connectivity index (χ2v) is 15.9. The molecule has 2 N–H and O–H groups in total. The Labute approximate surface area is 364 Å². The van der Waals surface area contributed by atoms with Gasteiger partial charge in [-0.2, -0.15) is 0 Å². The average molecular weight is 853 g/mol. The van der Waals surface area contributed by atoms with E-state index in [1.165, 1.54) is 16.7 Å². The van der Waals surface area contributed by atoms with Crippen molar-refractivity contribution in [2.24, 2.45) is 0 Å². The number of aliphatic hydroxyl groups is 2. The first-order chi connectivity index (χ1) is 28.1. The molecule has 2 aliphatic heterocycles. The quantitative estimate of drug-likeness (QED) is 0.0956. The fourth-order valence-electron chi connectivity index (χ4n) is 7.80. The fourth-order valence-corrected chi connectivity index (χ4v) is 7.80. The van der Waals surface area contributed by atoms with Gasteiger partial charge in [-0.15, -0.1) is 22.1 Å². The molecule has 0 fully saturated rings. The number of aliphatic hydroxyl groups excluding tert-OH is 2. The van der Waals surface area contributed by atoms with E-state index in [0.29, 0.717) is 80.0 Å². The van der Waals surface area contributed by atoms with E-state index < -0.39 is 24.6 Å². The van der Waals surface area contributed by atoms with Crippen molar-refractivity contribution < 1.29 is 47.1 Å². The molecule has 0 radical (unpaired) electrons. The molecule has 5 rings (SSSR count). The SMILES string of the molecule is C=CC1=C(C)c2cc3[n-]c(cc4nc(cc5[n-]c(cc1n2)c(C)c5CCC(=O)[O-])C(CCC(=O)[O-])=C4CO)c(C)c3[C@@H](O)CC/C=C(\C)CC/C=C(\C)CCC=C(C)C.[Fe]. The zero-order valence-electron chi connectivity index (χ0n) is 35.9. The molecule has 1 atom stereocenters. The molecular formula is C49H56FeN4O6-4. The Balaban J connectivity index is 0.00000794. The molecule has 8 bridgehead atoms. The number of carbonyl (C=O) groups is 2. The average Bonchev–Trinajstić information content (AvgIpc) is 3.85. The maximum Gasteiger partial charge on any atom is 0.0783 e. The van der Waals surface area contributed by atoms with Crippen molar-refractivity contribution in [3.8, 4) is 0 Å². The van der Waals surface area contributed by atoms with Crippen molar-refractivity contribution in [2.75, 3.05) is 6.61 Å². The van der Waals surface area contributed by atoms with Crippen LogP contribution in [0.5, 0.6) is 0 Å². The summed E-state index contributed by atoms with van der Waals surface area (Å²) in [5.41, 5.74) is 13.7. The first-order valence-corrected chi connectivity index (χ1v) is 20.4. The summed E-state index contributed by atoms with van der Waals surface area (Å²) in [7, 11) is 0. The van der Waals surface area contributed by atoms with Gasteiger partial charge < -0.3 is 40.0 Å². The summed E-state index contributed by atoms with van der Waals surface area (Å²) in [5, 5.41) is 45.8. The van der Waals surface area contributed by atoms with Crippen molar-refractivity contribution >= 4 is 56.3 Å². The van der Waals surface area contributed by atoms with Crippen molar-refractivity contribution in [1.29, 1.82) is 0 Å². The van der Waals surface area contributed by atoms with Crippen LogP contribution in [0.3, 0.4) is 0 Å². The summed E-state index contributed by atoms with van der Waals surface area (Å²) < 4.78 is 0. The molecule has 3 aromatic heterocycles. The van der Waals surface area contributed by atoms with Gasteiger partial charge in [0.15, 0.2) is 0 Å². The van der Waals surface area contributed by atoms with E-state index in [0.717, 1.165) is 48.0 Å². The van der Waals surface area contributed by atoms with Gasteiger partial charge in [0.2, 0.25) is 0 Å². The van der Waals surface area contributed by atoms with Crippen LogP contribution in [0.4, 0.5) is 0 Å². The standard InChI is InChI=1S/C49H60N4O6.Fe/c1-9-34-31(6)39-25-45-49(46(55)18-12-17-30(5)16-11-15-29(4)14-10-13-28(2)3)33(8)40(52-45)24-44-37(27-54)36(20-22-48(58)59)43(53-44)26-42-35(19-21-47(56)57)32(7)38(51-42)23-41(34)50-39;/h9,13,15,17,23-26,46,54-55H,1,10-12,14,16,18-22,27H2,2-8H3,(H4,50,51,52,53,56,57,58,59);/p-4/b29-15+,30-17+,38-23?,39-25?,40-24?,41-23?,42-26?,43-26?,44-24?,45-25?;/t46-;/m0./s1. The van der Waals surface area contributed by atoms with Crippen molar-refractivity contribution in [3.05, 3.63) is 117 Å². The van der Waals surface area contributed by atoms with Crippen LogP contribution in [0.15, 0.2) is 71.9 Å². The predicted octanol–water partition coefficient (Wildman–Crippen LogP) is 7.65. The van der Waals surface area contributed by atoms with E-state index in [2.05, 4.69) is 52.5 Å². The summed E-state index contributed by atoms with van der Waals surface area (Å²) >= 11 is 0. The maximum atomic E-state index is 11.9. The van der Waals surface area contributed by atoms with Gasteiger partial charge in [0.1, 0.15) is 0 Å². The van der Waals surface area contributed by atoms with Gasteiger partial charge in [-0.25, -0.2) is 9.97 Å². The van der Waals surface area contributed by atoms with Crippen LogP contribution >= 0.6 is 0 Å². The van der Waals surface area contributed by atoms with Crippen LogP contribution in [-0.4, -0.2) is 38.7 Å². The number of nitrogens with zero attached hydrogens (tertiary/aromatic N) is 4. The third-order valence-electron chi connectivity index (χ3n) is 11.2. The third-order valence-corrected chi connectivity index (χ3v) is 11.2. The number of fused-ring (bicyclic) bond motifs is 8. The Morgan fingerprint density at radius 2 is 1.25 bits per heavy atom. The molecule has 10 nitrogen and oxygen atoms in total. The minimum atomic E-state index is -1.25. The van der Waals surface area contributed by atoms with Crippen LogP contribution in [0.1, 0.15) is 144 Å². The summed E-state index contributed by atoms with van der Waals surface area (Å²) in [6.45, 7) is 17.9. The van der Waals surface area contributed by atoms with E-state index >= 15 is 0 Å². The molecule has 0 aliphatic carbocycles. The van der Waals surface area contributed by atoms with Crippen LogP contribution < -0.4 is 20.2 Å². The van der Waals surface area contributed by atoms with Gasteiger partial charge in [0, 0.05) is 40.2 Å². The Kier molecular flexibility index (Phi) is 17.0.